The lowest BCUT2D eigenvalue weighted by Crippen LogP contribution is -2.17. The topological polar surface area (TPSA) is 119 Å². The Kier molecular flexibility index (Phi) is 7.49. The minimum Gasteiger partial charge on any atom is -0.497 e. The van der Waals surface area contributed by atoms with Crippen LogP contribution in [0.25, 0.3) is 11.6 Å². The fourth-order valence-corrected chi connectivity index (χ4v) is 4.70. The maximum absolute atomic E-state index is 13.4. The first-order valence-corrected chi connectivity index (χ1v) is 13.3. The maximum atomic E-state index is 13.4. The van der Waals surface area contributed by atoms with E-state index < -0.39 is 10.0 Å². The summed E-state index contributed by atoms with van der Waals surface area (Å²) >= 11 is 11.8. The Hall–Kier alpha value is -3.54. The van der Waals surface area contributed by atoms with E-state index in [0.717, 1.165) is 5.56 Å². The number of H-pyrrole nitrogens is 1. The summed E-state index contributed by atoms with van der Waals surface area (Å²) in [5.74, 6) is 0.921. The minimum atomic E-state index is -4.06. The molecule has 192 valence electrons. The number of anilines is 1. The van der Waals surface area contributed by atoms with Gasteiger partial charge in [-0.3, -0.25) is 4.72 Å². The molecule has 0 fully saturated rings. The minimum absolute atomic E-state index is 0.0409. The number of hydrogen-bond acceptors (Lipinski definition) is 8. The number of aromatic nitrogens is 4. The summed E-state index contributed by atoms with van der Waals surface area (Å²) in [4.78, 5) is 15.6. The summed E-state index contributed by atoms with van der Waals surface area (Å²) in [6.07, 6.45) is 3.06. The molecule has 0 atom stereocenters. The Morgan fingerprint density at radius 1 is 1.05 bits per heavy atom. The quantitative estimate of drug-likeness (QED) is 0.260. The Morgan fingerprint density at radius 3 is 2.35 bits per heavy atom. The van der Waals surface area contributed by atoms with Crippen LogP contribution in [0.3, 0.4) is 0 Å². The van der Waals surface area contributed by atoms with Crippen LogP contribution in [0.2, 0.25) is 5.02 Å². The average Bonchev–Trinajstić information content (AvgIpc) is 2.87. The Balaban J connectivity index is 1.81. The lowest BCUT2D eigenvalue weighted by atomic mass is 9.87. The first-order valence-electron chi connectivity index (χ1n) is 11.0. The zero-order chi connectivity index (χ0) is 26.8. The van der Waals surface area contributed by atoms with Crippen LogP contribution in [-0.4, -0.2) is 35.5 Å². The second-order valence-corrected chi connectivity index (χ2v) is 11.4. The monoisotopic (exact) mass is 557 g/mol. The van der Waals surface area contributed by atoms with Crippen molar-refractivity contribution < 1.29 is 17.9 Å². The Morgan fingerprint density at radius 2 is 1.73 bits per heavy atom. The number of hydrogen-bond donors (Lipinski definition) is 2. The molecule has 0 amide bonds. The summed E-state index contributed by atoms with van der Waals surface area (Å²) in [6, 6.07) is 13.1. The number of sulfonamides is 1. The third kappa shape index (κ3) is 6.07. The van der Waals surface area contributed by atoms with Crippen molar-refractivity contribution in [3.8, 4) is 28.9 Å². The largest absolute Gasteiger partial charge is 0.497 e. The molecule has 0 aliphatic heterocycles. The van der Waals surface area contributed by atoms with Crippen molar-refractivity contribution in [2.45, 2.75) is 31.1 Å². The van der Waals surface area contributed by atoms with Gasteiger partial charge in [-0.25, -0.2) is 23.4 Å². The molecule has 0 aliphatic rings. The van der Waals surface area contributed by atoms with Crippen LogP contribution < -0.4 is 14.2 Å². The molecule has 9 nitrogen and oxygen atoms in total. The van der Waals surface area contributed by atoms with Gasteiger partial charge in [0.25, 0.3) is 10.0 Å². The molecule has 2 N–H and O–H groups in total. The van der Waals surface area contributed by atoms with Crippen molar-refractivity contribution in [1.82, 2.24) is 19.9 Å². The van der Waals surface area contributed by atoms with Crippen molar-refractivity contribution in [3.63, 3.8) is 0 Å². The second kappa shape index (κ2) is 10.4. The summed E-state index contributed by atoms with van der Waals surface area (Å²) in [5, 5.41) is 0.261. The number of halogens is 1. The third-order valence-electron chi connectivity index (χ3n) is 5.27. The number of rotatable bonds is 7. The smallest absolute Gasteiger partial charge is 0.263 e. The Bertz CT molecular complexity index is 1590. The number of aromatic amines is 1. The van der Waals surface area contributed by atoms with Gasteiger partial charge in [0.05, 0.1) is 17.0 Å². The molecule has 4 aromatic rings. The van der Waals surface area contributed by atoms with Crippen molar-refractivity contribution in [1.29, 1.82) is 0 Å². The fraction of sp³-hybridized carbons (Fsp3) is 0.200. The second-order valence-electron chi connectivity index (χ2n) is 8.95. The summed E-state index contributed by atoms with van der Waals surface area (Å²) < 4.78 is 40.5. The lowest BCUT2D eigenvalue weighted by Gasteiger charge is -2.19. The van der Waals surface area contributed by atoms with Crippen LogP contribution in [0.1, 0.15) is 26.3 Å². The van der Waals surface area contributed by atoms with Crippen molar-refractivity contribution >= 4 is 39.7 Å². The van der Waals surface area contributed by atoms with Gasteiger partial charge in [0.1, 0.15) is 11.5 Å². The fourth-order valence-electron chi connectivity index (χ4n) is 3.28. The highest BCUT2D eigenvalue weighted by Gasteiger charge is 2.23. The van der Waals surface area contributed by atoms with Gasteiger partial charge in [-0.05, 0) is 41.3 Å². The van der Waals surface area contributed by atoms with Crippen LogP contribution >= 0.6 is 23.8 Å². The van der Waals surface area contributed by atoms with Crippen LogP contribution in [-0.2, 0) is 15.4 Å². The first-order chi connectivity index (χ1) is 17.5. The number of benzene rings is 2. The number of ether oxygens (including phenoxy) is 2. The molecule has 12 heteroatoms. The van der Waals surface area contributed by atoms with E-state index in [1.165, 1.54) is 19.5 Å². The number of nitrogens with zero attached hydrogens (tertiary/aromatic N) is 3. The molecule has 0 bridgehead atoms. The molecule has 37 heavy (non-hydrogen) atoms. The predicted molar refractivity (Wildman–Crippen MR) is 144 cm³/mol. The molecule has 0 saturated carbocycles. The molecule has 2 heterocycles. The van der Waals surface area contributed by atoms with Gasteiger partial charge < -0.3 is 14.5 Å². The predicted octanol–water partition coefficient (Wildman–Crippen LogP) is 6.15. The average molecular weight is 558 g/mol. The zero-order valence-corrected chi connectivity index (χ0v) is 22.8. The maximum Gasteiger partial charge on any atom is 0.263 e. The molecule has 2 aromatic heterocycles. The van der Waals surface area contributed by atoms with Crippen molar-refractivity contribution in [2.24, 2.45) is 0 Å². The molecule has 0 aliphatic carbocycles. The third-order valence-corrected chi connectivity index (χ3v) is 7.23. The van der Waals surface area contributed by atoms with Gasteiger partial charge in [-0.2, -0.15) is 0 Å². The highest BCUT2D eigenvalue weighted by molar-refractivity contribution is 7.92. The standard InChI is InChI=1S/C25H24ClN5O4S2/c1-25(2,3)15-6-9-17(10-7-15)37(32,33)31-21-20(35-19-14-16(34-4)8-11-18(19)26)24(36)30-23(29-21)22-27-12-5-13-28-22/h5-14H,1-4H3,(H2,29,30,31,36). The lowest BCUT2D eigenvalue weighted by molar-refractivity contribution is 0.409. The van der Waals surface area contributed by atoms with E-state index in [1.807, 2.05) is 20.8 Å². The van der Waals surface area contributed by atoms with E-state index >= 15 is 0 Å². The van der Waals surface area contributed by atoms with Crippen LogP contribution in [0.15, 0.2) is 65.8 Å². The van der Waals surface area contributed by atoms with Crippen LogP contribution in [0, 0.1) is 4.64 Å². The molecule has 2 aromatic carbocycles. The van der Waals surface area contributed by atoms with E-state index in [0.29, 0.717) is 5.75 Å². The summed E-state index contributed by atoms with van der Waals surface area (Å²) in [6.45, 7) is 6.14. The van der Waals surface area contributed by atoms with Crippen molar-refractivity contribution in [3.05, 3.63) is 76.2 Å². The Labute approximate surface area is 225 Å². The van der Waals surface area contributed by atoms with E-state index in [2.05, 4.69) is 24.7 Å². The molecule has 0 unspecified atom stereocenters. The van der Waals surface area contributed by atoms with Crippen LogP contribution in [0.4, 0.5) is 5.82 Å². The van der Waals surface area contributed by atoms with Gasteiger partial charge in [0.15, 0.2) is 22.1 Å². The van der Waals surface area contributed by atoms with Gasteiger partial charge in [-0.15, -0.1) is 0 Å². The SMILES string of the molecule is COc1ccc(Cl)c(Oc2c(NS(=O)(=O)c3ccc(C(C)(C)C)cc3)[nH]c(-c3ncccn3)nc2=S)c1. The van der Waals surface area contributed by atoms with Crippen molar-refractivity contribution in [2.75, 3.05) is 11.8 Å². The molecule has 0 saturated heterocycles. The molecule has 0 radical (unpaired) electrons. The normalized spacial score (nSPS) is 11.7. The van der Waals surface area contributed by atoms with Gasteiger partial charge in [0.2, 0.25) is 5.75 Å². The van der Waals surface area contributed by atoms with Gasteiger partial charge >= 0.3 is 0 Å². The van der Waals surface area contributed by atoms with E-state index in [-0.39, 0.29) is 48.9 Å². The highest BCUT2D eigenvalue weighted by atomic mass is 35.5. The van der Waals surface area contributed by atoms with E-state index in [4.69, 9.17) is 33.3 Å². The molecule has 0 spiro atoms. The van der Waals surface area contributed by atoms with Gasteiger partial charge in [-0.1, -0.05) is 56.7 Å². The summed E-state index contributed by atoms with van der Waals surface area (Å²) in [5.41, 5.74) is 0.864. The van der Waals surface area contributed by atoms with E-state index in [1.54, 1.807) is 48.5 Å². The van der Waals surface area contributed by atoms with E-state index in [9.17, 15) is 8.42 Å². The zero-order valence-electron chi connectivity index (χ0n) is 20.4. The molecule has 4 rings (SSSR count). The first kappa shape index (κ1) is 26.5. The molecular formula is C25H24ClN5O4S2. The van der Waals surface area contributed by atoms with Gasteiger partial charge in [0, 0.05) is 18.5 Å². The summed E-state index contributed by atoms with van der Waals surface area (Å²) in [7, 11) is -2.56. The highest BCUT2D eigenvalue weighted by Crippen LogP contribution is 2.37. The number of nitrogens with one attached hydrogen (secondary N) is 2. The van der Waals surface area contributed by atoms with Crippen LogP contribution in [0.5, 0.6) is 17.2 Å². The molecular weight excluding hydrogens is 534 g/mol. The number of methoxy groups -OCH3 is 1.